The molecule has 0 bridgehead atoms. The van der Waals surface area contributed by atoms with Crippen LogP contribution < -0.4 is 10.1 Å². The summed E-state index contributed by atoms with van der Waals surface area (Å²) in [5.41, 5.74) is 0. The Hall–Kier alpha value is -1.06. The smallest absolute Gasteiger partial charge is 0.193 e. The van der Waals surface area contributed by atoms with E-state index in [4.69, 9.17) is 14.5 Å². The van der Waals surface area contributed by atoms with E-state index in [1.165, 1.54) is 0 Å². The maximum Gasteiger partial charge on any atom is 0.193 e. The van der Waals surface area contributed by atoms with Gasteiger partial charge in [-0.15, -0.1) is 24.0 Å². The summed E-state index contributed by atoms with van der Waals surface area (Å²) in [6.45, 7) is 14.1. The summed E-state index contributed by atoms with van der Waals surface area (Å²) in [4.78, 5) is 9.99. The van der Waals surface area contributed by atoms with Gasteiger partial charge in [0.05, 0.1) is 19.8 Å². The lowest BCUT2D eigenvalue weighted by Crippen LogP contribution is -2.50. The highest BCUT2D eigenvalue weighted by Gasteiger charge is 2.26. The number of benzene rings is 1. The molecule has 2 aliphatic heterocycles. The Morgan fingerprint density at radius 3 is 2.40 bits per heavy atom. The van der Waals surface area contributed by atoms with Crippen LogP contribution in [-0.4, -0.2) is 80.4 Å². The fourth-order valence-corrected chi connectivity index (χ4v) is 4.14. The summed E-state index contributed by atoms with van der Waals surface area (Å²) < 4.78 is 11.7. The molecule has 0 radical (unpaired) electrons. The zero-order valence-electron chi connectivity index (χ0n) is 18.8. The Kier molecular flexibility index (Phi) is 11.2. The second-order valence-electron chi connectivity index (χ2n) is 8.27. The lowest BCUT2D eigenvalue weighted by Gasteiger charge is -2.37. The number of rotatable bonds is 7. The van der Waals surface area contributed by atoms with Gasteiger partial charge in [-0.1, -0.05) is 32.0 Å². The highest BCUT2D eigenvalue weighted by atomic mass is 127. The van der Waals surface area contributed by atoms with Crippen LogP contribution in [0.4, 0.5) is 0 Å². The molecule has 1 N–H and O–H groups in total. The fourth-order valence-electron chi connectivity index (χ4n) is 4.14. The van der Waals surface area contributed by atoms with Crippen molar-refractivity contribution in [2.24, 2.45) is 10.9 Å². The maximum atomic E-state index is 6.15. The summed E-state index contributed by atoms with van der Waals surface area (Å²) in [6.07, 6.45) is 2.33. The van der Waals surface area contributed by atoms with Gasteiger partial charge in [0.15, 0.2) is 5.96 Å². The Labute approximate surface area is 199 Å². The third kappa shape index (κ3) is 7.57. The van der Waals surface area contributed by atoms with E-state index >= 15 is 0 Å². The van der Waals surface area contributed by atoms with Gasteiger partial charge in [0.2, 0.25) is 0 Å². The van der Waals surface area contributed by atoms with Crippen molar-refractivity contribution in [3.05, 3.63) is 30.3 Å². The van der Waals surface area contributed by atoms with Crippen molar-refractivity contribution in [2.75, 3.05) is 52.5 Å². The topological polar surface area (TPSA) is 49.3 Å². The normalized spacial score (nSPS) is 20.0. The van der Waals surface area contributed by atoms with Crippen LogP contribution >= 0.6 is 24.0 Å². The minimum absolute atomic E-state index is 0. The van der Waals surface area contributed by atoms with E-state index in [9.17, 15) is 0 Å². The highest BCUT2D eigenvalue weighted by molar-refractivity contribution is 14.0. The molecule has 1 aromatic rings. The molecular formula is C23H39IN4O2. The molecule has 2 fully saturated rings. The van der Waals surface area contributed by atoms with E-state index in [1.54, 1.807) is 0 Å². The number of likely N-dealkylation sites (tertiary alicyclic amines) is 1. The molecule has 2 saturated heterocycles. The molecule has 3 rings (SSSR count). The minimum atomic E-state index is 0. The SMILES string of the molecule is CCNC(=NCC(C(C)C)N1CCOCC1)N1CCC(Oc2ccccc2)CC1.I. The molecule has 0 spiro atoms. The quantitative estimate of drug-likeness (QED) is 0.333. The van der Waals surface area contributed by atoms with Gasteiger partial charge in [0.1, 0.15) is 11.9 Å². The van der Waals surface area contributed by atoms with Crippen LogP contribution in [0.1, 0.15) is 33.6 Å². The standard InChI is InChI=1S/C23H38N4O2.HI/c1-4-24-23(25-18-22(19(2)3)26-14-16-28-17-15-26)27-12-10-21(11-13-27)29-20-8-6-5-7-9-20;/h5-9,19,21-22H,4,10-18H2,1-3H3,(H,24,25);1H. The van der Waals surface area contributed by atoms with E-state index in [0.717, 1.165) is 77.0 Å². The minimum Gasteiger partial charge on any atom is -0.490 e. The summed E-state index contributed by atoms with van der Waals surface area (Å²) in [5.74, 6) is 2.59. The van der Waals surface area contributed by atoms with E-state index in [-0.39, 0.29) is 30.1 Å². The van der Waals surface area contributed by atoms with Gasteiger partial charge in [-0.05, 0) is 25.0 Å². The van der Waals surface area contributed by atoms with Crippen molar-refractivity contribution in [2.45, 2.75) is 45.8 Å². The van der Waals surface area contributed by atoms with Gasteiger partial charge < -0.3 is 19.7 Å². The number of halogens is 1. The number of hydrogen-bond donors (Lipinski definition) is 1. The Bertz CT molecular complexity index is 615. The van der Waals surface area contributed by atoms with Crippen LogP contribution in [0.3, 0.4) is 0 Å². The summed E-state index contributed by atoms with van der Waals surface area (Å²) in [6, 6.07) is 10.6. The number of hydrogen-bond acceptors (Lipinski definition) is 4. The first-order chi connectivity index (χ1) is 14.2. The molecule has 2 heterocycles. The Balaban J connectivity index is 0.00000320. The molecule has 0 saturated carbocycles. The van der Waals surface area contributed by atoms with Crippen molar-refractivity contribution in [1.29, 1.82) is 0 Å². The number of nitrogens with one attached hydrogen (secondary N) is 1. The average Bonchev–Trinajstić information content (AvgIpc) is 2.75. The first-order valence-electron chi connectivity index (χ1n) is 11.2. The Morgan fingerprint density at radius 2 is 1.80 bits per heavy atom. The van der Waals surface area contributed by atoms with Gasteiger partial charge >= 0.3 is 0 Å². The van der Waals surface area contributed by atoms with Crippen LogP contribution in [0.5, 0.6) is 5.75 Å². The number of morpholine rings is 1. The van der Waals surface area contributed by atoms with Crippen molar-refractivity contribution in [3.8, 4) is 5.75 Å². The zero-order chi connectivity index (χ0) is 20.5. The van der Waals surface area contributed by atoms with Crippen molar-refractivity contribution in [3.63, 3.8) is 0 Å². The van der Waals surface area contributed by atoms with E-state index in [0.29, 0.717) is 12.0 Å². The largest absolute Gasteiger partial charge is 0.490 e. The van der Waals surface area contributed by atoms with Gasteiger partial charge in [-0.25, -0.2) is 0 Å². The van der Waals surface area contributed by atoms with E-state index in [2.05, 4.69) is 35.9 Å². The molecule has 6 nitrogen and oxygen atoms in total. The van der Waals surface area contributed by atoms with Gasteiger partial charge in [-0.3, -0.25) is 9.89 Å². The molecule has 30 heavy (non-hydrogen) atoms. The molecular weight excluding hydrogens is 491 g/mol. The van der Waals surface area contributed by atoms with Crippen molar-refractivity contribution in [1.82, 2.24) is 15.1 Å². The predicted octanol–water partition coefficient (Wildman–Crippen LogP) is 3.47. The molecule has 0 amide bonds. The predicted molar refractivity (Wildman–Crippen MR) is 134 cm³/mol. The molecule has 1 atom stereocenters. The number of para-hydroxylation sites is 1. The number of nitrogens with zero attached hydrogens (tertiary/aromatic N) is 3. The molecule has 0 aliphatic carbocycles. The number of guanidine groups is 1. The highest BCUT2D eigenvalue weighted by Crippen LogP contribution is 2.19. The number of ether oxygens (including phenoxy) is 2. The average molecular weight is 530 g/mol. The van der Waals surface area contributed by atoms with Crippen LogP contribution in [0.2, 0.25) is 0 Å². The van der Waals surface area contributed by atoms with Gasteiger partial charge in [0, 0.05) is 51.6 Å². The van der Waals surface area contributed by atoms with Gasteiger partial charge in [0.25, 0.3) is 0 Å². The van der Waals surface area contributed by atoms with Crippen molar-refractivity contribution < 1.29 is 9.47 Å². The molecule has 1 unspecified atom stereocenters. The first kappa shape index (κ1) is 25.2. The first-order valence-corrected chi connectivity index (χ1v) is 11.2. The molecule has 7 heteroatoms. The second-order valence-corrected chi connectivity index (χ2v) is 8.27. The molecule has 170 valence electrons. The monoisotopic (exact) mass is 530 g/mol. The van der Waals surface area contributed by atoms with Crippen LogP contribution in [-0.2, 0) is 4.74 Å². The fraction of sp³-hybridized carbons (Fsp3) is 0.696. The second kappa shape index (κ2) is 13.4. The molecule has 2 aliphatic rings. The number of piperidine rings is 1. The lowest BCUT2D eigenvalue weighted by atomic mass is 10.0. The van der Waals surface area contributed by atoms with Gasteiger partial charge in [-0.2, -0.15) is 0 Å². The Morgan fingerprint density at radius 1 is 1.13 bits per heavy atom. The number of aliphatic imine (C=N–C) groups is 1. The van der Waals surface area contributed by atoms with E-state index < -0.39 is 0 Å². The van der Waals surface area contributed by atoms with Crippen LogP contribution in [0.25, 0.3) is 0 Å². The lowest BCUT2D eigenvalue weighted by molar-refractivity contribution is 0.00860. The summed E-state index contributed by atoms with van der Waals surface area (Å²) >= 11 is 0. The molecule has 1 aromatic carbocycles. The summed E-state index contributed by atoms with van der Waals surface area (Å²) in [7, 11) is 0. The van der Waals surface area contributed by atoms with Crippen LogP contribution in [0, 0.1) is 5.92 Å². The van der Waals surface area contributed by atoms with Crippen LogP contribution in [0.15, 0.2) is 35.3 Å². The van der Waals surface area contributed by atoms with E-state index in [1.807, 2.05) is 30.3 Å². The third-order valence-corrected chi connectivity index (χ3v) is 5.83. The van der Waals surface area contributed by atoms with Crippen molar-refractivity contribution >= 4 is 29.9 Å². The molecule has 0 aromatic heterocycles. The zero-order valence-corrected chi connectivity index (χ0v) is 21.1. The maximum absolute atomic E-state index is 6.15. The third-order valence-electron chi connectivity index (χ3n) is 5.83. The summed E-state index contributed by atoms with van der Waals surface area (Å²) in [5, 5.41) is 3.51.